The van der Waals surface area contributed by atoms with Crippen LogP contribution in [0.4, 0.5) is 0 Å². The number of nitrogens with one attached hydrogen (secondary N) is 1. The van der Waals surface area contributed by atoms with Gasteiger partial charge in [0.1, 0.15) is 11.5 Å². The lowest BCUT2D eigenvalue weighted by Crippen LogP contribution is -2.24. The van der Waals surface area contributed by atoms with E-state index in [1.807, 2.05) is 43.3 Å². The van der Waals surface area contributed by atoms with E-state index in [1.165, 1.54) is 5.56 Å². The van der Waals surface area contributed by atoms with Crippen molar-refractivity contribution in [1.29, 1.82) is 0 Å². The second kappa shape index (κ2) is 7.21. The van der Waals surface area contributed by atoms with Crippen LogP contribution in [0.15, 0.2) is 48.5 Å². The Morgan fingerprint density at radius 2 is 2.04 bits per heavy atom. The molecule has 1 heterocycles. The first-order valence-corrected chi connectivity index (χ1v) is 8.04. The van der Waals surface area contributed by atoms with E-state index in [9.17, 15) is 4.79 Å². The molecule has 0 aromatic heterocycles. The molecule has 4 heteroatoms. The number of hydrogen-bond acceptors (Lipinski definition) is 3. The van der Waals surface area contributed by atoms with Crippen molar-refractivity contribution in [2.45, 2.75) is 19.4 Å². The first kappa shape index (κ1) is 16.1. The molecular weight excluding hydrogens is 302 g/mol. The molecule has 1 unspecified atom stereocenters. The highest BCUT2D eigenvalue weighted by Gasteiger charge is 2.15. The van der Waals surface area contributed by atoms with Crippen molar-refractivity contribution in [2.24, 2.45) is 0 Å². The molecule has 2 aromatic carbocycles. The van der Waals surface area contributed by atoms with Crippen molar-refractivity contribution in [3.05, 3.63) is 65.2 Å². The molecule has 2 aromatic rings. The molecule has 124 valence electrons. The fourth-order valence-corrected chi connectivity index (χ4v) is 2.71. The molecule has 4 nitrogen and oxygen atoms in total. The topological polar surface area (TPSA) is 47.6 Å². The van der Waals surface area contributed by atoms with Crippen molar-refractivity contribution in [3.8, 4) is 11.5 Å². The Kier molecular flexibility index (Phi) is 4.85. The van der Waals surface area contributed by atoms with Gasteiger partial charge in [0.15, 0.2) is 0 Å². The lowest BCUT2D eigenvalue weighted by Gasteiger charge is -2.14. The third kappa shape index (κ3) is 3.77. The van der Waals surface area contributed by atoms with Gasteiger partial charge in [0.2, 0.25) is 5.91 Å². The second-order valence-corrected chi connectivity index (χ2v) is 5.80. The Bertz CT molecular complexity index is 750. The van der Waals surface area contributed by atoms with Crippen LogP contribution in [0.1, 0.15) is 29.7 Å². The maximum Gasteiger partial charge on any atom is 0.244 e. The number of amides is 1. The number of methoxy groups -OCH3 is 1. The maximum absolute atomic E-state index is 12.1. The monoisotopic (exact) mass is 323 g/mol. The van der Waals surface area contributed by atoms with Crippen LogP contribution in [0.2, 0.25) is 0 Å². The van der Waals surface area contributed by atoms with Crippen molar-refractivity contribution in [2.75, 3.05) is 13.7 Å². The Morgan fingerprint density at radius 3 is 2.79 bits per heavy atom. The quantitative estimate of drug-likeness (QED) is 0.857. The van der Waals surface area contributed by atoms with Gasteiger partial charge in [-0.25, -0.2) is 0 Å². The van der Waals surface area contributed by atoms with E-state index in [2.05, 4.69) is 11.4 Å². The van der Waals surface area contributed by atoms with Crippen LogP contribution < -0.4 is 14.8 Å². The van der Waals surface area contributed by atoms with Crippen molar-refractivity contribution in [1.82, 2.24) is 5.32 Å². The highest BCUT2D eigenvalue weighted by Crippen LogP contribution is 2.28. The lowest BCUT2D eigenvalue weighted by molar-refractivity contribution is -0.117. The molecule has 0 radical (unpaired) electrons. The Balaban J connectivity index is 1.60. The Morgan fingerprint density at radius 1 is 1.25 bits per heavy atom. The summed E-state index contributed by atoms with van der Waals surface area (Å²) in [5.41, 5.74) is 3.25. The highest BCUT2D eigenvalue weighted by atomic mass is 16.5. The number of carbonyl (C=O) groups is 1. The molecule has 1 amide bonds. The number of benzene rings is 2. The van der Waals surface area contributed by atoms with Gasteiger partial charge in [-0.15, -0.1) is 0 Å². The van der Waals surface area contributed by atoms with Gasteiger partial charge in [0.05, 0.1) is 19.8 Å². The smallest absolute Gasteiger partial charge is 0.244 e. The van der Waals surface area contributed by atoms with Gasteiger partial charge < -0.3 is 14.8 Å². The zero-order valence-corrected chi connectivity index (χ0v) is 13.9. The number of fused-ring (bicyclic) bond motifs is 1. The number of rotatable bonds is 5. The minimum atomic E-state index is -0.116. The fourth-order valence-electron chi connectivity index (χ4n) is 2.71. The number of ether oxygens (including phenoxy) is 2. The van der Waals surface area contributed by atoms with Gasteiger partial charge in [0.25, 0.3) is 0 Å². The van der Waals surface area contributed by atoms with Gasteiger partial charge in [-0.3, -0.25) is 4.79 Å². The lowest BCUT2D eigenvalue weighted by atomic mass is 10.0. The molecule has 3 rings (SSSR count). The standard InChI is InChI=1S/C20H21NO3/c1-14(16-6-9-19-17(13-16)11-12-24-19)21-20(22)10-5-15-3-7-18(23-2)8-4-15/h3-10,13-14H,11-12H2,1-2H3,(H,21,22). The van der Waals surface area contributed by atoms with E-state index in [0.717, 1.165) is 35.7 Å². The van der Waals surface area contributed by atoms with Crippen LogP contribution in [0.25, 0.3) is 6.08 Å². The van der Waals surface area contributed by atoms with Gasteiger partial charge in [0, 0.05) is 12.5 Å². The normalized spacial score (nSPS) is 14.1. The van der Waals surface area contributed by atoms with Crippen LogP contribution in [0, 0.1) is 0 Å². The zero-order chi connectivity index (χ0) is 16.9. The SMILES string of the molecule is COc1ccc(C=CC(=O)NC(C)c2ccc3c(c2)CCO3)cc1. The summed E-state index contributed by atoms with van der Waals surface area (Å²) in [5.74, 6) is 1.64. The molecule has 0 bridgehead atoms. The average Bonchev–Trinajstić information content (AvgIpc) is 3.08. The number of hydrogen-bond donors (Lipinski definition) is 1. The molecule has 0 spiro atoms. The summed E-state index contributed by atoms with van der Waals surface area (Å²) < 4.78 is 10.6. The molecule has 1 N–H and O–H groups in total. The molecule has 1 aliphatic heterocycles. The van der Waals surface area contributed by atoms with Crippen molar-refractivity contribution < 1.29 is 14.3 Å². The summed E-state index contributed by atoms with van der Waals surface area (Å²) in [6.07, 6.45) is 4.27. The summed E-state index contributed by atoms with van der Waals surface area (Å²) in [7, 11) is 1.63. The summed E-state index contributed by atoms with van der Waals surface area (Å²) in [6.45, 7) is 2.72. The molecule has 1 aliphatic rings. The minimum absolute atomic E-state index is 0.0519. The van der Waals surface area contributed by atoms with Crippen LogP contribution in [-0.4, -0.2) is 19.6 Å². The van der Waals surface area contributed by atoms with E-state index in [1.54, 1.807) is 19.3 Å². The first-order chi connectivity index (χ1) is 11.7. The van der Waals surface area contributed by atoms with Crippen LogP contribution in [0.3, 0.4) is 0 Å². The van der Waals surface area contributed by atoms with Gasteiger partial charge in [-0.2, -0.15) is 0 Å². The molecule has 0 aliphatic carbocycles. The van der Waals surface area contributed by atoms with E-state index < -0.39 is 0 Å². The first-order valence-electron chi connectivity index (χ1n) is 8.04. The third-order valence-electron chi connectivity index (χ3n) is 4.12. The minimum Gasteiger partial charge on any atom is -0.497 e. The maximum atomic E-state index is 12.1. The van der Waals surface area contributed by atoms with Crippen molar-refractivity contribution in [3.63, 3.8) is 0 Å². The van der Waals surface area contributed by atoms with Gasteiger partial charge in [-0.1, -0.05) is 18.2 Å². The van der Waals surface area contributed by atoms with Gasteiger partial charge >= 0.3 is 0 Å². The number of carbonyl (C=O) groups excluding carboxylic acids is 1. The molecular formula is C20H21NO3. The molecule has 0 fully saturated rings. The van der Waals surface area contributed by atoms with E-state index in [-0.39, 0.29) is 11.9 Å². The fraction of sp³-hybridized carbons (Fsp3) is 0.250. The largest absolute Gasteiger partial charge is 0.497 e. The van der Waals surface area contributed by atoms with Crippen LogP contribution in [0.5, 0.6) is 11.5 Å². The van der Waals surface area contributed by atoms with Crippen LogP contribution in [-0.2, 0) is 11.2 Å². The summed E-state index contributed by atoms with van der Waals surface area (Å²) in [5, 5.41) is 2.99. The van der Waals surface area contributed by atoms with E-state index in [0.29, 0.717) is 0 Å². The second-order valence-electron chi connectivity index (χ2n) is 5.80. The molecule has 0 saturated heterocycles. The predicted octanol–water partition coefficient (Wildman–Crippen LogP) is 3.52. The molecule has 1 atom stereocenters. The van der Waals surface area contributed by atoms with E-state index >= 15 is 0 Å². The van der Waals surface area contributed by atoms with Crippen LogP contribution >= 0.6 is 0 Å². The predicted molar refractivity (Wildman–Crippen MR) is 94.2 cm³/mol. The Labute approximate surface area is 142 Å². The third-order valence-corrected chi connectivity index (χ3v) is 4.12. The van der Waals surface area contributed by atoms with Gasteiger partial charge in [-0.05, 0) is 54.0 Å². The van der Waals surface area contributed by atoms with Crippen molar-refractivity contribution >= 4 is 12.0 Å². The molecule has 0 saturated carbocycles. The summed E-state index contributed by atoms with van der Waals surface area (Å²) >= 11 is 0. The Hall–Kier alpha value is -2.75. The summed E-state index contributed by atoms with van der Waals surface area (Å²) in [6, 6.07) is 13.6. The highest BCUT2D eigenvalue weighted by molar-refractivity contribution is 5.92. The summed E-state index contributed by atoms with van der Waals surface area (Å²) in [4.78, 5) is 12.1. The zero-order valence-electron chi connectivity index (χ0n) is 13.9. The van der Waals surface area contributed by atoms with E-state index in [4.69, 9.17) is 9.47 Å². The molecule has 24 heavy (non-hydrogen) atoms. The average molecular weight is 323 g/mol.